The van der Waals surface area contributed by atoms with Gasteiger partial charge in [-0.15, -0.1) is 0 Å². The van der Waals surface area contributed by atoms with E-state index in [9.17, 15) is 9.90 Å². The number of carboxylic acids is 1. The van der Waals surface area contributed by atoms with Crippen LogP contribution in [-0.2, 0) is 11.3 Å². The van der Waals surface area contributed by atoms with Crippen LogP contribution in [0.15, 0.2) is 24.3 Å². The van der Waals surface area contributed by atoms with Gasteiger partial charge in [-0.2, -0.15) is 0 Å². The maximum Gasteiger partial charge on any atom is 0.321 e. The predicted molar refractivity (Wildman–Crippen MR) is 77.8 cm³/mol. The van der Waals surface area contributed by atoms with Crippen molar-refractivity contribution in [3.8, 4) is 5.75 Å². The molecule has 1 heterocycles. The Kier molecular flexibility index (Phi) is 4.33. The Balaban J connectivity index is 2.24. The largest absolute Gasteiger partial charge is 0.496 e. The Hall–Kier alpha value is -1.55. The van der Waals surface area contributed by atoms with Gasteiger partial charge in [-0.3, -0.25) is 9.69 Å². The van der Waals surface area contributed by atoms with Crippen molar-refractivity contribution >= 4 is 5.97 Å². The van der Waals surface area contributed by atoms with Crippen LogP contribution in [0.25, 0.3) is 0 Å². The zero-order valence-electron chi connectivity index (χ0n) is 12.4. The number of nitrogens with zero attached hydrogens (tertiary/aromatic N) is 1. The van der Waals surface area contributed by atoms with Crippen LogP contribution in [-0.4, -0.2) is 35.7 Å². The zero-order valence-corrected chi connectivity index (χ0v) is 12.4. The van der Waals surface area contributed by atoms with Gasteiger partial charge in [0.15, 0.2) is 0 Å². The van der Waals surface area contributed by atoms with Gasteiger partial charge in [-0.05, 0) is 30.9 Å². The molecule has 0 spiro atoms. The summed E-state index contributed by atoms with van der Waals surface area (Å²) in [5, 5.41) is 9.58. The fourth-order valence-corrected chi connectivity index (χ4v) is 3.21. The Bertz CT molecular complexity index is 484. The lowest BCUT2D eigenvalue weighted by Gasteiger charge is -2.44. The third-order valence-electron chi connectivity index (χ3n) is 4.17. The van der Waals surface area contributed by atoms with Gasteiger partial charge in [0.2, 0.25) is 0 Å². The van der Waals surface area contributed by atoms with Gasteiger partial charge >= 0.3 is 5.97 Å². The maximum atomic E-state index is 11.7. The van der Waals surface area contributed by atoms with E-state index < -0.39 is 12.0 Å². The number of hydrogen-bond donors (Lipinski definition) is 1. The number of piperidine rings is 1. The number of carbonyl (C=O) groups is 1. The minimum Gasteiger partial charge on any atom is -0.496 e. The Morgan fingerprint density at radius 2 is 2.15 bits per heavy atom. The highest BCUT2D eigenvalue weighted by Gasteiger charge is 2.42. The van der Waals surface area contributed by atoms with Crippen LogP contribution in [0.1, 0.15) is 32.3 Å². The van der Waals surface area contributed by atoms with E-state index in [2.05, 4.69) is 4.90 Å². The van der Waals surface area contributed by atoms with E-state index in [1.54, 1.807) is 7.11 Å². The van der Waals surface area contributed by atoms with E-state index in [0.717, 1.165) is 30.7 Å². The smallest absolute Gasteiger partial charge is 0.321 e. The van der Waals surface area contributed by atoms with Crippen molar-refractivity contribution in [1.29, 1.82) is 0 Å². The first-order chi connectivity index (χ1) is 9.45. The summed E-state index contributed by atoms with van der Waals surface area (Å²) in [6.07, 6.45) is 1.98. The second-order valence-corrected chi connectivity index (χ2v) is 6.12. The first-order valence-electron chi connectivity index (χ1n) is 7.04. The second-order valence-electron chi connectivity index (χ2n) is 6.12. The van der Waals surface area contributed by atoms with Gasteiger partial charge in [0.1, 0.15) is 11.8 Å². The molecule has 0 radical (unpaired) electrons. The molecule has 1 aromatic carbocycles. The summed E-state index contributed by atoms with van der Waals surface area (Å²) in [5.74, 6) is 0.0876. The van der Waals surface area contributed by atoms with Crippen molar-refractivity contribution < 1.29 is 14.6 Å². The SMILES string of the molecule is COc1ccccc1CN1CCCC(C)(C)C1C(=O)O. The number of aliphatic carboxylic acids is 1. The summed E-state index contributed by atoms with van der Waals surface area (Å²) in [7, 11) is 1.65. The summed E-state index contributed by atoms with van der Waals surface area (Å²) < 4.78 is 5.36. The molecule has 1 atom stereocenters. The van der Waals surface area contributed by atoms with Gasteiger partial charge in [0, 0.05) is 12.1 Å². The van der Waals surface area contributed by atoms with Crippen LogP contribution < -0.4 is 4.74 Å². The maximum absolute atomic E-state index is 11.7. The minimum atomic E-state index is -0.732. The second kappa shape index (κ2) is 5.83. The third-order valence-corrected chi connectivity index (χ3v) is 4.17. The fourth-order valence-electron chi connectivity index (χ4n) is 3.21. The molecule has 1 saturated heterocycles. The zero-order chi connectivity index (χ0) is 14.8. The lowest BCUT2D eigenvalue weighted by molar-refractivity contribution is -0.151. The van der Waals surface area contributed by atoms with Gasteiger partial charge in [0.05, 0.1) is 7.11 Å². The van der Waals surface area contributed by atoms with Gasteiger partial charge in [-0.1, -0.05) is 32.0 Å². The molecule has 0 saturated carbocycles. The molecule has 0 aliphatic carbocycles. The number of para-hydroxylation sites is 1. The van der Waals surface area contributed by atoms with E-state index in [4.69, 9.17) is 4.74 Å². The number of methoxy groups -OCH3 is 1. The van der Waals surface area contributed by atoms with E-state index in [0.29, 0.717) is 6.54 Å². The van der Waals surface area contributed by atoms with Crippen LogP contribution in [0, 0.1) is 5.41 Å². The van der Waals surface area contributed by atoms with Gasteiger partial charge in [0.25, 0.3) is 0 Å². The Morgan fingerprint density at radius 3 is 2.80 bits per heavy atom. The number of carboxylic acid groups (broad SMARTS) is 1. The van der Waals surface area contributed by atoms with Crippen LogP contribution in [0.2, 0.25) is 0 Å². The van der Waals surface area contributed by atoms with E-state index in [1.807, 2.05) is 38.1 Å². The summed E-state index contributed by atoms with van der Waals surface area (Å²) >= 11 is 0. The third kappa shape index (κ3) is 2.96. The first kappa shape index (κ1) is 14.9. The molecule has 1 unspecified atom stereocenters. The number of ether oxygens (including phenoxy) is 1. The highest BCUT2D eigenvalue weighted by molar-refractivity contribution is 5.74. The van der Waals surface area contributed by atoms with Crippen LogP contribution in [0.3, 0.4) is 0 Å². The van der Waals surface area contributed by atoms with Crippen molar-refractivity contribution in [3.05, 3.63) is 29.8 Å². The molecule has 1 aromatic rings. The minimum absolute atomic E-state index is 0.202. The van der Waals surface area contributed by atoms with Crippen molar-refractivity contribution in [2.24, 2.45) is 5.41 Å². The molecule has 110 valence electrons. The lowest BCUT2D eigenvalue weighted by Crippen LogP contribution is -2.53. The number of likely N-dealkylation sites (tertiary alicyclic amines) is 1. The van der Waals surface area contributed by atoms with E-state index in [1.165, 1.54) is 0 Å². The van der Waals surface area contributed by atoms with Crippen LogP contribution >= 0.6 is 0 Å². The average Bonchev–Trinajstić information content (AvgIpc) is 2.37. The molecule has 1 N–H and O–H groups in total. The van der Waals surface area contributed by atoms with Crippen molar-refractivity contribution in [1.82, 2.24) is 4.90 Å². The Morgan fingerprint density at radius 1 is 1.45 bits per heavy atom. The Labute approximate surface area is 120 Å². The normalized spacial score (nSPS) is 22.4. The number of hydrogen-bond acceptors (Lipinski definition) is 3. The predicted octanol–water partition coefficient (Wildman–Crippen LogP) is 2.77. The van der Waals surface area contributed by atoms with E-state index in [-0.39, 0.29) is 5.41 Å². The van der Waals surface area contributed by atoms with Crippen molar-refractivity contribution in [2.45, 2.75) is 39.3 Å². The fraction of sp³-hybridized carbons (Fsp3) is 0.562. The molecule has 2 rings (SSSR count). The molecule has 1 aliphatic rings. The number of rotatable bonds is 4. The number of benzene rings is 1. The van der Waals surface area contributed by atoms with Gasteiger partial charge in [-0.25, -0.2) is 0 Å². The molecule has 20 heavy (non-hydrogen) atoms. The summed E-state index contributed by atoms with van der Waals surface area (Å²) in [4.78, 5) is 13.7. The lowest BCUT2D eigenvalue weighted by atomic mass is 9.76. The molecule has 0 aromatic heterocycles. The van der Waals surface area contributed by atoms with Gasteiger partial charge < -0.3 is 9.84 Å². The molecule has 4 heteroatoms. The molecule has 4 nitrogen and oxygen atoms in total. The van der Waals surface area contributed by atoms with Crippen LogP contribution in [0.5, 0.6) is 5.75 Å². The summed E-state index contributed by atoms with van der Waals surface area (Å²) in [6.45, 7) is 5.52. The monoisotopic (exact) mass is 277 g/mol. The van der Waals surface area contributed by atoms with Crippen molar-refractivity contribution in [3.63, 3.8) is 0 Å². The molecule has 0 bridgehead atoms. The molecular formula is C16H23NO3. The topological polar surface area (TPSA) is 49.8 Å². The molecule has 1 aliphatic heterocycles. The quantitative estimate of drug-likeness (QED) is 0.919. The standard InChI is InChI=1S/C16H23NO3/c1-16(2)9-6-10-17(14(16)15(18)19)11-12-7-4-5-8-13(12)20-3/h4-5,7-8,14H,6,9-11H2,1-3H3,(H,18,19). The van der Waals surface area contributed by atoms with Crippen molar-refractivity contribution in [2.75, 3.05) is 13.7 Å². The highest BCUT2D eigenvalue weighted by Crippen LogP contribution is 2.36. The molecule has 1 fully saturated rings. The van der Waals surface area contributed by atoms with E-state index >= 15 is 0 Å². The van der Waals surface area contributed by atoms with Crippen LogP contribution in [0.4, 0.5) is 0 Å². The first-order valence-corrected chi connectivity index (χ1v) is 7.04. The average molecular weight is 277 g/mol. The highest BCUT2D eigenvalue weighted by atomic mass is 16.5. The summed E-state index contributed by atoms with van der Waals surface area (Å²) in [6, 6.07) is 7.36. The molecule has 0 amide bonds. The summed E-state index contributed by atoms with van der Waals surface area (Å²) in [5.41, 5.74) is 0.838. The molecular weight excluding hydrogens is 254 g/mol.